The first-order valence-electron chi connectivity index (χ1n) is 7.65. The second-order valence-corrected chi connectivity index (χ2v) is 5.26. The second-order valence-electron chi connectivity index (χ2n) is 5.26. The lowest BCUT2D eigenvalue weighted by Crippen LogP contribution is -2.33. The standard InChI is InChI=1S/C19H23NO2/c1-3-16-9-11-18(12-10-16)19(21)20(13-14-22-2)15-17-7-5-4-6-8-17/h4-12H,3,13-15H2,1-2H3. The monoisotopic (exact) mass is 297 g/mol. The van der Waals surface area contributed by atoms with Gasteiger partial charge in [-0.3, -0.25) is 4.79 Å². The Balaban J connectivity index is 2.14. The van der Waals surface area contributed by atoms with Gasteiger partial charge in [-0.25, -0.2) is 0 Å². The first-order valence-corrected chi connectivity index (χ1v) is 7.65. The highest BCUT2D eigenvalue weighted by Gasteiger charge is 2.15. The van der Waals surface area contributed by atoms with Gasteiger partial charge in [0.25, 0.3) is 5.91 Å². The lowest BCUT2D eigenvalue weighted by Gasteiger charge is -2.22. The van der Waals surface area contributed by atoms with Crippen molar-refractivity contribution in [3.8, 4) is 0 Å². The van der Waals surface area contributed by atoms with Crippen molar-refractivity contribution < 1.29 is 9.53 Å². The summed E-state index contributed by atoms with van der Waals surface area (Å²) in [5.41, 5.74) is 3.09. The summed E-state index contributed by atoms with van der Waals surface area (Å²) in [5.74, 6) is 0.0450. The molecule has 0 fully saturated rings. The Kier molecular flexibility index (Phi) is 6.16. The second kappa shape index (κ2) is 8.35. The average Bonchev–Trinajstić information content (AvgIpc) is 2.59. The van der Waals surface area contributed by atoms with Crippen molar-refractivity contribution in [2.75, 3.05) is 20.3 Å². The van der Waals surface area contributed by atoms with Crippen LogP contribution in [0, 0.1) is 0 Å². The zero-order valence-corrected chi connectivity index (χ0v) is 13.3. The first-order chi connectivity index (χ1) is 10.7. The van der Waals surface area contributed by atoms with Gasteiger partial charge < -0.3 is 9.64 Å². The molecule has 0 heterocycles. The fraction of sp³-hybridized carbons (Fsp3) is 0.316. The number of carbonyl (C=O) groups is 1. The molecule has 3 heteroatoms. The lowest BCUT2D eigenvalue weighted by molar-refractivity contribution is 0.0680. The van der Waals surface area contributed by atoms with Gasteiger partial charge >= 0.3 is 0 Å². The molecular formula is C19H23NO2. The van der Waals surface area contributed by atoms with Crippen LogP contribution in [0.3, 0.4) is 0 Å². The van der Waals surface area contributed by atoms with E-state index < -0.39 is 0 Å². The molecule has 1 amide bonds. The molecule has 22 heavy (non-hydrogen) atoms. The predicted octanol–water partition coefficient (Wildman–Crippen LogP) is 3.54. The molecule has 2 aromatic rings. The van der Waals surface area contributed by atoms with Crippen LogP contribution in [0.1, 0.15) is 28.4 Å². The highest BCUT2D eigenvalue weighted by atomic mass is 16.5. The maximum atomic E-state index is 12.7. The molecule has 2 aromatic carbocycles. The Labute approximate surface area is 132 Å². The highest BCUT2D eigenvalue weighted by Crippen LogP contribution is 2.12. The van der Waals surface area contributed by atoms with Crippen molar-refractivity contribution in [3.63, 3.8) is 0 Å². The summed E-state index contributed by atoms with van der Waals surface area (Å²) in [6.45, 7) is 3.82. The molecule has 0 saturated heterocycles. The van der Waals surface area contributed by atoms with Crippen LogP contribution >= 0.6 is 0 Å². The molecule has 3 nitrogen and oxygen atoms in total. The van der Waals surface area contributed by atoms with Crippen molar-refractivity contribution in [1.29, 1.82) is 0 Å². The van der Waals surface area contributed by atoms with E-state index in [0.29, 0.717) is 19.7 Å². The molecule has 0 aromatic heterocycles. The summed E-state index contributed by atoms with van der Waals surface area (Å²) in [6, 6.07) is 17.9. The number of hydrogen-bond donors (Lipinski definition) is 0. The molecule has 0 bridgehead atoms. The fourth-order valence-electron chi connectivity index (χ4n) is 2.32. The minimum absolute atomic E-state index is 0.0450. The first kappa shape index (κ1) is 16.2. The van der Waals surface area contributed by atoms with E-state index in [-0.39, 0.29) is 5.91 Å². The molecule has 116 valence electrons. The zero-order valence-electron chi connectivity index (χ0n) is 13.3. The van der Waals surface area contributed by atoms with E-state index in [9.17, 15) is 4.79 Å². The van der Waals surface area contributed by atoms with E-state index in [4.69, 9.17) is 4.74 Å². The van der Waals surface area contributed by atoms with Gasteiger partial charge in [-0.1, -0.05) is 49.4 Å². The normalized spacial score (nSPS) is 10.5. The summed E-state index contributed by atoms with van der Waals surface area (Å²) in [5, 5.41) is 0. The van der Waals surface area contributed by atoms with Crippen molar-refractivity contribution in [2.24, 2.45) is 0 Å². The van der Waals surface area contributed by atoms with Gasteiger partial charge in [-0.2, -0.15) is 0 Å². The third-order valence-corrected chi connectivity index (χ3v) is 3.68. The number of hydrogen-bond acceptors (Lipinski definition) is 2. The van der Waals surface area contributed by atoms with Crippen LogP contribution < -0.4 is 0 Å². The lowest BCUT2D eigenvalue weighted by atomic mass is 10.1. The molecule has 0 aliphatic rings. The summed E-state index contributed by atoms with van der Waals surface area (Å²) >= 11 is 0. The van der Waals surface area contributed by atoms with E-state index >= 15 is 0 Å². The Morgan fingerprint density at radius 3 is 2.27 bits per heavy atom. The van der Waals surface area contributed by atoms with E-state index in [1.54, 1.807) is 7.11 Å². The number of aryl methyl sites for hydroxylation is 1. The number of amides is 1. The number of rotatable bonds is 7. The molecule has 0 saturated carbocycles. The van der Waals surface area contributed by atoms with E-state index in [0.717, 1.165) is 17.5 Å². The van der Waals surface area contributed by atoms with Crippen molar-refractivity contribution >= 4 is 5.91 Å². The molecule has 0 aliphatic heterocycles. The fourth-order valence-corrected chi connectivity index (χ4v) is 2.32. The van der Waals surface area contributed by atoms with Crippen molar-refractivity contribution in [3.05, 3.63) is 71.3 Å². The molecule has 2 rings (SSSR count). The summed E-state index contributed by atoms with van der Waals surface area (Å²) in [7, 11) is 1.65. The SMILES string of the molecule is CCc1ccc(C(=O)N(CCOC)Cc2ccccc2)cc1. The van der Waals surface area contributed by atoms with Crippen LogP contribution in [0.15, 0.2) is 54.6 Å². The summed E-state index contributed by atoms with van der Waals surface area (Å²) in [4.78, 5) is 14.6. The summed E-state index contributed by atoms with van der Waals surface area (Å²) in [6.07, 6.45) is 0.978. The van der Waals surface area contributed by atoms with Crippen molar-refractivity contribution in [2.45, 2.75) is 19.9 Å². The number of methoxy groups -OCH3 is 1. The van der Waals surface area contributed by atoms with Gasteiger partial charge in [0.1, 0.15) is 0 Å². The quantitative estimate of drug-likeness (QED) is 0.782. The van der Waals surface area contributed by atoms with Crippen LogP contribution in [0.25, 0.3) is 0 Å². The third kappa shape index (κ3) is 4.43. The van der Waals surface area contributed by atoms with Crippen LogP contribution in [-0.4, -0.2) is 31.1 Å². The maximum absolute atomic E-state index is 12.7. The van der Waals surface area contributed by atoms with Gasteiger partial charge in [-0.15, -0.1) is 0 Å². The molecular weight excluding hydrogens is 274 g/mol. The minimum atomic E-state index is 0.0450. The van der Waals surface area contributed by atoms with Crippen LogP contribution in [0.5, 0.6) is 0 Å². The minimum Gasteiger partial charge on any atom is -0.383 e. The molecule has 0 spiro atoms. The average molecular weight is 297 g/mol. The molecule has 0 N–H and O–H groups in total. The van der Waals surface area contributed by atoms with E-state index in [1.807, 2.05) is 59.5 Å². The number of carbonyl (C=O) groups excluding carboxylic acids is 1. The predicted molar refractivity (Wildman–Crippen MR) is 88.9 cm³/mol. The Hall–Kier alpha value is -2.13. The van der Waals surface area contributed by atoms with Crippen LogP contribution in [0.2, 0.25) is 0 Å². The topological polar surface area (TPSA) is 29.5 Å². The summed E-state index contributed by atoms with van der Waals surface area (Å²) < 4.78 is 5.14. The third-order valence-electron chi connectivity index (χ3n) is 3.68. The number of benzene rings is 2. The van der Waals surface area contributed by atoms with Gasteiger partial charge in [-0.05, 0) is 29.7 Å². The maximum Gasteiger partial charge on any atom is 0.254 e. The zero-order chi connectivity index (χ0) is 15.8. The van der Waals surface area contributed by atoms with Crippen LogP contribution in [0.4, 0.5) is 0 Å². The van der Waals surface area contributed by atoms with Gasteiger partial charge in [0, 0.05) is 25.8 Å². The van der Waals surface area contributed by atoms with Crippen molar-refractivity contribution in [1.82, 2.24) is 4.90 Å². The van der Waals surface area contributed by atoms with Gasteiger partial charge in [0.2, 0.25) is 0 Å². The number of nitrogens with zero attached hydrogens (tertiary/aromatic N) is 1. The molecule has 0 radical (unpaired) electrons. The molecule has 0 atom stereocenters. The van der Waals surface area contributed by atoms with E-state index in [2.05, 4.69) is 6.92 Å². The largest absolute Gasteiger partial charge is 0.383 e. The van der Waals surface area contributed by atoms with Gasteiger partial charge in [0.15, 0.2) is 0 Å². The molecule has 0 unspecified atom stereocenters. The van der Waals surface area contributed by atoms with Gasteiger partial charge in [0.05, 0.1) is 6.61 Å². The smallest absolute Gasteiger partial charge is 0.254 e. The number of ether oxygens (including phenoxy) is 1. The highest BCUT2D eigenvalue weighted by molar-refractivity contribution is 5.94. The van der Waals surface area contributed by atoms with Crippen LogP contribution in [-0.2, 0) is 17.7 Å². The molecule has 0 aliphatic carbocycles. The van der Waals surface area contributed by atoms with E-state index in [1.165, 1.54) is 5.56 Å². The Bertz CT molecular complexity index is 578. The Morgan fingerprint density at radius 2 is 1.68 bits per heavy atom. The Morgan fingerprint density at radius 1 is 1.00 bits per heavy atom.